The lowest BCUT2D eigenvalue weighted by Crippen LogP contribution is -2.39. The summed E-state index contributed by atoms with van der Waals surface area (Å²) in [6.45, 7) is 4.40. The Labute approximate surface area is 161 Å². The lowest BCUT2D eigenvalue weighted by Gasteiger charge is -2.18. The van der Waals surface area contributed by atoms with Gasteiger partial charge in [-0.15, -0.1) is 0 Å². The molecule has 3 rings (SSSR count). The summed E-state index contributed by atoms with van der Waals surface area (Å²) >= 11 is 0. The third-order valence-electron chi connectivity index (χ3n) is 4.96. The quantitative estimate of drug-likeness (QED) is 0.734. The predicted molar refractivity (Wildman–Crippen MR) is 106 cm³/mol. The van der Waals surface area contributed by atoms with Crippen molar-refractivity contribution in [2.24, 2.45) is 10.9 Å². The number of nitrogens with zero attached hydrogens (tertiary/aromatic N) is 1. The molecule has 0 spiro atoms. The van der Waals surface area contributed by atoms with E-state index < -0.39 is 16.1 Å². The van der Waals surface area contributed by atoms with E-state index in [4.69, 9.17) is 0 Å². The summed E-state index contributed by atoms with van der Waals surface area (Å²) in [4.78, 5) is 17.4. The summed E-state index contributed by atoms with van der Waals surface area (Å²) in [7, 11) is -3.60. The molecule has 7 heteroatoms. The molecule has 0 unspecified atom stereocenters. The Kier molecular flexibility index (Phi) is 5.99. The van der Waals surface area contributed by atoms with Gasteiger partial charge in [-0.3, -0.25) is 14.5 Å². The van der Waals surface area contributed by atoms with Gasteiger partial charge in [-0.2, -0.15) is 0 Å². The normalized spacial score (nSPS) is 20.7. The SMILES string of the molecule is CC(C)[C@@H](N=C1NS(=O)(=O)c2ccccc21)C(=O)NCCC1=CCCCC1. The summed E-state index contributed by atoms with van der Waals surface area (Å²) in [5.74, 6) is 0.0237. The summed E-state index contributed by atoms with van der Waals surface area (Å²) in [6.07, 6.45) is 7.86. The predicted octanol–water partition coefficient (Wildman–Crippen LogP) is 2.76. The number of carbonyl (C=O) groups is 1. The molecule has 1 aliphatic heterocycles. The number of carbonyl (C=O) groups excluding carboxylic acids is 1. The van der Waals surface area contributed by atoms with Crippen LogP contribution in [0.2, 0.25) is 0 Å². The Hall–Kier alpha value is -2.15. The minimum Gasteiger partial charge on any atom is -0.354 e. The maximum atomic E-state index is 12.7. The first-order valence-corrected chi connectivity index (χ1v) is 11.0. The molecule has 1 heterocycles. The van der Waals surface area contributed by atoms with Crippen LogP contribution in [0.3, 0.4) is 0 Å². The average Bonchev–Trinajstić information content (AvgIpc) is 2.91. The number of nitrogens with one attached hydrogen (secondary N) is 2. The molecule has 0 radical (unpaired) electrons. The second kappa shape index (κ2) is 8.25. The highest BCUT2D eigenvalue weighted by molar-refractivity contribution is 7.90. The van der Waals surface area contributed by atoms with Crippen LogP contribution in [-0.4, -0.2) is 32.7 Å². The van der Waals surface area contributed by atoms with Crippen LogP contribution in [0.15, 0.2) is 45.8 Å². The molecule has 146 valence electrons. The second-order valence-electron chi connectivity index (χ2n) is 7.42. The highest BCUT2D eigenvalue weighted by Gasteiger charge is 2.32. The van der Waals surface area contributed by atoms with Gasteiger partial charge in [0.1, 0.15) is 11.9 Å². The van der Waals surface area contributed by atoms with Crippen molar-refractivity contribution in [3.8, 4) is 0 Å². The fraction of sp³-hybridized carbons (Fsp3) is 0.500. The third kappa shape index (κ3) is 4.58. The van der Waals surface area contributed by atoms with Crippen molar-refractivity contribution in [2.75, 3.05) is 6.54 Å². The van der Waals surface area contributed by atoms with Gasteiger partial charge in [0.15, 0.2) is 0 Å². The van der Waals surface area contributed by atoms with E-state index in [2.05, 4.69) is 21.1 Å². The van der Waals surface area contributed by atoms with Crippen molar-refractivity contribution in [1.82, 2.24) is 10.0 Å². The van der Waals surface area contributed by atoms with E-state index in [9.17, 15) is 13.2 Å². The fourth-order valence-corrected chi connectivity index (χ4v) is 4.70. The van der Waals surface area contributed by atoms with Gasteiger partial charge < -0.3 is 5.32 Å². The Bertz CT molecular complexity index is 872. The average molecular weight is 390 g/mol. The molecule has 1 aromatic rings. The number of benzene rings is 1. The van der Waals surface area contributed by atoms with Gasteiger partial charge in [-0.1, -0.05) is 37.6 Å². The summed E-state index contributed by atoms with van der Waals surface area (Å²) in [5.41, 5.74) is 1.93. The number of sulfonamides is 1. The van der Waals surface area contributed by atoms with Gasteiger partial charge >= 0.3 is 0 Å². The van der Waals surface area contributed by atoms with Crippen LogP contribution in [0.25, 0.3) is 0 Å². The van der Waals surface area contributed by atoms with E-state index >= 15 is 0 Å². The van der Waals surface area contributed by atoms with Gasteiger partial charge in [0.05, 0.1) is 4.90 Å². The highest BCUT2D eigenvalue weighted by Crippen LogP contribution is 2.23. The van der Waals surface area contributed by atoms with Crippen LogP contribution in [0.5, 0.6) is 0 Å². The van der Waals surface area contributed by atoms with Crippen molar-refractivity contribution in [3.63, 3.8) is 0 Å². The molecule has 0 saturated heterocycles. The number of hydrogen-bond acceptors (Lipinski definition) is 4. The van der Waals surface area contributed by atoms with Gasteiger partial charge in [0.2, 0.25) is 5.91 Å². The Morgan fingerprint density at radius 2 is 2.04 bits per heavy atom. The first kappa shape index (κ1) is 19.6. The maximum absolute atomic E-state index is 12.7. The monoisotopic (exact) mass is 389 g/mol. The zero-order chi connectivity index (χ0) is 19.4. The van der Waals surface area contributed by atoms with Gasteiger partial charge in [-0.25, -0.2) is 8.42 Å². The largest absolute Gasteiger partial charge is 0.354 e. The number of amidine groups is 1. The Balaban J connectivity index is 1.71. The van der Waals surface area contributed by atoms with Crippen LogP contribution in [-0.2, 0) is 14.8 Å². The van der Waals surface area contributed by atoms with E-state index in [0.29, 0.717) is 12.1 Å². The van der Waals surface area contributed by atoms with Crippen LogP contribution >= 0.6 is 0 Å². The molecule has 2 aliphatic rings. The standard InChI is InChI=1S/C20H27N3O3S/c1-14(2)18(20(24)21-13-12-15-8-4-3-5-9-15)22-19-16-10-6-7-11-17(16)27(25,26)23-19/h6-8,10-11,14,18H,3-5,9,12-13H2,1-2H3,(H,21,24)(H,22,23)/t18-/m1/s1. The first-order chi connectivity index (χ1) is 12.9. The van der Waals surface area contributed by atoms with Crippen LogP contribution in [0.4, 0.5) is 0 Å². The second-order valence-corrected chi connectivity index (χ2v) is 9.07. The fourth-order valence-electron chi connectivity index (χ4n) is 3.46. The van der Waals surface area contributed by atoms with Crippen molar-refractivity contribution in [3.05, 3.63) is 41.5 Å². The van der Waals surface area contributed by atoms with E-state index in [-0.39, 0.29) is 22.6 Å². The topological polar surface area (TPSA) is 87.6 Å². The minimum atomic E-state index is -3.60. The molecule has 0 saturated carbocycles. The summed E-state index contributed by atoms with van der Waals surface area (Å²) < 4.78 is 26.9. The van der Waals surface area contributed by atoms with Crippen molar-refractivity contribution < 1.29 is 13.2 Å². The van der Waals surface area contributed by atoms with E-state index in [1.54, 1.807) is 24.3 Å². The molecule has 6 nitrogen and oxygen atoms in total. The van der Waals surface area contributed by atoms with Gasteiger partial charge in [0.25, 0.3) is 10.0 Å². The van der Waals surface area contributed by atoms with Crippen molar-refractivity contribution in [2.45, 2.75) is 56.9 Å². The minimum absolute atomic E-state index is 0.0522. The molecule has 0 aromatic heterocycles. The summed E-state index contributed by atoms with van der Waals surface area (Å²) in [6, 6.07) is 6.04. The molecule has 1 atom stereocenters. The van der Waals surface area contributed by atoms with Crippen LogP contribution < -0.4 is 10.0 Å². The maximum Gasteiger partial charge on any atom is 0.263 e. The molecule has 1 amide bonds. The van der Waals surface area contributed by atoms with Gasteiger partial charge in [0, 0.05) is 12.1 Å². The Morgan fingerprint density at radius 3 is 2.74 bits per heavy atom. The van der Waals surface area contributed by atoms with Crippen LogP contribution in [0.1, 0.15) is 51.5 Å². The van der Waals surface area contributed by atoms with Crippen molar-refractivity contribution in [1.29, 1.82) is 0 Å². The van der Waals surface area contributed by atoms with E-state index in [1.807, 2.05) is 13.8 Å². The third-order valence-corrected chi connectivity index (χ3v) is 6.36. The molecule has 2 N–H and O–H groups in total. The number of allylic oxidation sites excluding steroid dienone is 1. The first-order valence-electron chi connectivity index (χ1n) is 9.54. The van der Waals surface area contributed by atoms with Crippen LogP contribution in [0, 0.1) is 5.92 Å². The lowest BCUT2D eigenvalue weighted by atomic mass is 9.97. The number of hydrogen-bond donors (Lipinski definition) is 2. The zero-order valence-corrected chi connectivity index (χ0v) is 16.7. The molecule has 1 aromatic carbocycles. The molecule has 0 fully saturated rings. The lowest BCUT2D eigenvalue weighted by molar-refractivity contribution is -0.123. The zero-order valence-electron chi connectivity index (χ0n) is 15.9. The summed E-state index contributed by atoms with van der Waals surface area (Å²) in [5, 5.41) is 2.97. The molecular weight excluding hydrogens is 362 g/mol. The van der Waals surface area contributed by atoms with E-state index in [1.165, 1.54) is 18.4 Å². The molecule has 0 bridgehead atoms. The van der Waals surface area contributed by atoms with E-state index in [0.717, 1.165) is 19.3 Å². The molecule has 1 aliphatic carbocycles. The molecule has 27 heavy (non-hydrogen) atoms. The Morgan fingerprint density at radius 1 is 1.26 bits per heavy atom. The van der Waals surface area contributed by atoms with Crippen molar-refractivity contribution >= 4 is 21.8 Å². The highest BCUT2D eigenvalue weighted by atomic mass is 32.2. The number of amides is 1. The number of aliphatic imine (C=N–C) groups is 1. The number of rotatable bonds is 6. The van der Waals surface area contributed by atoms with Gasteiger partial charge in [-0.05, 0) is 50.2 Å². The number of fused-ring (bicyclic) bond motifs is 1. The molecular formula is C20H27N3O3S. The smallest absolute Gasteiger partial charge is 0.263 e.